The maximum atomic E-state index is 10.3. The maximum Gasteiger partial charge on any atom is 0.188 e. The molecule has 2 fully saturated rings. The fraction of sp³-hybridized carbons (Fsp3) is 0.714. The van der Waals surface area contributed by atoms with Gasteiger partial charge in [0, 0.05) is 0 Å². The van der Waals surface area contributed by atoms with E-state index < -0.39 is 6.29 Å². The third-order valence-corrected chi connectivity index (χ3v) is 5.71. The highest BCUT2D eigenvalue weighted by Crippen LogP contribution is 2.39. The molecule has 1 saturated carbocycles. The normalized spacial score (nSPS) is 32.1. The van der Waals surface area contributed by atoms with Gasteiger partial charge in [-0.3, -0.25) is 0 Å². The molecule has 1 saturated heterocycles. The Morgan fingerprint density at radius 2 is 2.08 bits per heavy atom. The van der Waals surface area contributed by atoms with Crippen molar-refractivity contribution in [2.75, 3.05) is 20.3 Å². The van der Waals surface area contributed by atoms with Crippen molar-refractivity contribution in [2.24, 2.45) is 17.8 Å². The lowest BCUT2D eigenvalue weighted by molar-refractivity contribution is -0.0998. The standard InChI is InChI=1S/C21H32O5/c1-13(2)16-9-8-14(3)10-19(16)24-11-15-12-25-21(26-15)17-6-5-7-18(23-4)20(17)22/h5-7,13-16,19,21-22H,8-12H2,1-4H3. The van der Waals surface area contributed by atoms with Gasteiger partial charge in [-0.2, -0.15) is 0 Å². The molecule has 3 rings (SSSR count). The van der Waals surface area contributed by atoms with Gasteiger partial charge in [-0.1, -0.05) is 33.3 Å². The summed E-state index contributed by atoms with van der Waals surface area (Å²) in [5.74, 6) is 2.46. The van der Waals surface area contributed by atoms with E-state index in [9.17, 15) is 5.11 Å². The van der Waals surface area contributed by atoms with E-state index in [4.69, 9.17) is 18.9 Å². The van der Waals surface area contributed by atoms with Gasteiger partial charge in [0.05, 0.1) is 32.0 Å². The highest BCUT2D eigenvalue weighted by atomic mass is 16.7. The molecular weight excluding hydrogens is 332 g/mol. The molecule has 1 aromatic rings. The van der Waals surface area contributed by atoms with Crippen LogP contribution in [0, 0.1) is 17.8 Å². The van der Waals surface area contributed by atoms with Gasteiger partial charge >= 0.3 is 0 Å². The molecule has 5 unspecified atom stereocenters. The van der Waals surface area contributed by atoms with Crippen LogP contribution in [0.2, 0.25) is 0 Å². The molecule has 1 aliphatic heterocycles. The van der Waals surface area contributed by atoms with Crippen molar-refractivity contribution >= 4 is 0 Å². The molecule has 0 radical (unpaired) electrons. The summed E-state index contributed by atoms with van der Waals surface area (Å²) >= 11 is 0. The van der Waals surface area contributed by atoms with Crippen molar-refractivity contribution in [3.8, 4) is 11.5 Å². The molecule has 5 nitrogen and oxygen atoms in total. The first-order valence-electron chi connectivity index (χ1n) is 9.74. The summed E-state index contributed by atoms with van der Waals surface area (Å²) in [5.41, 5.74) is 0.596. The Balaban J connectivity index is 1.56. The van der Waals surface area contributed by atoms with Gasteiger partial charge in [0.1, 0.15) is 6.10 Å². The van der Waals surface area contributed by atoms with Gasteiger partial charge in [0.15, 0.2) is 17.8 Å². The fourth-order valence-electron chi connectivity index (χ4n) is 4.13. The lowest BCUT2D eigenvalue weighted by Gasteiger charge is -2.37. The summed E-state index contributed by atoms with van der Waals surface area (Å²) in [6, 6.07) is 5.33. The van der Waals surface area contributed by atoms with Crippen molar-refractivity contribution in [3.63, 3.8) is 0 Å². The average Bonchev–Trinajstić information content (AvgIpc) is 3.08. The van der Waals surface area contributed by atoms with Crippen LogP contribution in [0.1, 0.15) is 51.9 Å². The molecular formula is C21H32O5. The quantitative estimate of drug-likeness (QED) is 0.816. The molecule has 1 aromatic carbocycles. The SMILES string of the molecule is COc1cccc(C2OCC(COC3CC(C)CCC3C(C)C)O2)c1O. The molecule has 5 atom stereocenters. The summed E-state index contributed by atoms with van der Waals surface area (Å²) in [6.07, 6.45) is 3.26. The number of ether oxygens (including phenoxy) is 4. The Bertz CT molecular complexity index is 588. The first kappa shape index (κ1) is 19.5. The topological polar surface area (TPSA) is 57.2 Å². The third-order valence-electron chi connectivity index (χ3n) is 5.71. The summed E-state index contributed by atoms with van der Waals surface area (Å²) in [4.78, 5) is 0. The highest BCUT2D eigenvalue weighted by Gasteiger charge is 2.34. The Morgan fingerprint density at radius 1 is 1.27 bits per heavy atom. The van der Waals surface area contributed by atoms with E-state index in [0.29, 0.717) is 42.5 Å². The van der Waals surface area contributed by atoms with Crippen LogP contribution in [0.4, 0.5) is 0 Å². The monoisotopic (exact) mass is 364 g/mol. The fourth-order valence-corrected chi connectivity index (χ4v) is 4.13. The van der Waals surface area contributed by atoms with E-state index in [1.165, 1.54) is 20.0 Å². The summed E-state index contributed by atoms with van der Waals surface area (Å²) in [6.45, 7) is 7.88. The molecule has 5 heteroatoms. The smallest absolute Gasteiger partial charge is 0.188 e. The minimum atomic E-state index is -0.579. The van der Waals surface area contributed by atoms with Crippen molar-refractivity contribution in [1.82, 2.24) is 0 Å². The number of phenolic OH excluding ortho intramolecular Hbond substituents is 1. The van der Waals surface area contributed by atoms with E-state index >= 15 is 0 Å². The summed E-state index contributed by atoms with van der Waals surface area (Å²) in [5, 5.41) is 10.3. The predicted octanol–water partition coefficient (Wildman–Crippen LogP) is 4.29. The molecule has 26 heavy (non-hydrogen) atoms. The Hall–Kier alpha value is -1.30. The number of para-hydroxylation sites is 1. The molecule has 1 N–H and O–H groups in total. The predicted molar refractivity (Wildman–Crippen MR) is 99.3 cm³/mol. The molecule has 146 valence electrons. The number of phenols is 1. The Kier molecular flexibility index (Phi) is 6.43. The molecule has 2 aliphatic rings. The van der Waals surface area contributed by atoms with Gasteiger partial charge in [0.2, 0.25) is 0 Å². The molecule has 0 spiro atoms. The summed E-state index contributed by atoms with van der Waals surface area (Å²) in [7, 11) is 1.53. The first-order valence-corrected chi connectivity index (χ1v) is 9.74. The van der Waals surface area contributed by atoms with Crippen LogP contribution in [0.3, 0.4) is 0 Å². The van der Waals surface area contributed by atoms with Crippen LogP contribution in [-0.4, -0.2) is 37.6 Å². The number of aromatic hydroxyl groups is 1. The first-order chi connectivity index (χ1) is 12.5. The number of rotatable bonds is 6. The largest absolute Gasteiger partial charge is 0.504 e. The zero-order valence-electron chi connectivity index (χ0n) is 16.3. The average molecular weight is 364 g/mol. The van der Waals surface area contributed by atoms with E-state index in [2.05, 4.69) is 20.8 Å². The van der Waals surface area contributed by atoms with Crippen LogP contribution in [0.25, 0.3) is 0 Å². The van der Waals surface area contributed by atoms with E-state index in [-0.39, 0.29) is 11.9 Å². The number of hydrogen-bond donors (Lipinski definition) is 1. The van der Waals surface area contributed by atoms with Crippen LogP contribution in [-0.2, 0) is 14.2 Å². The molecule has 0 amide bonds. The Morgan fingerprint density at radius 3 is 2.81 bits per heavy atom. The second kappa shape index (κ2) is 8.59. The van der Waals surface area contributed by atoms with Gasteiger partial charge < -0.3 is 24.1 Å². The molecule has 1 aliphatic carbocycles. The summed E-state index contributed by atoms with van der Waals surface area (Å²) < 4.78 is 23.2. The zero-order valence-corrected chi connectivity index (χ0v) is 16.3. The van der Waals surface area contributed by atoms with Crippen LogP contribution in [0.15, 0.2) is 18.2 Å². The third kappa shape index (κ3) is 4.33. The lowest BCUT2D eigenvalue weighted by atomic mass is 9.75. The van der Waals surface area contributed by atoms with Gasteiger partial charge in [-0.05, 0) is 42.7 Å². The second-order valence-corrected chi connectivity index (χ2v) is 8.02. The molecule has 0 bridgehead atoms. The van der Waals surface area contributed by atoms with E-state index in [0.717, 1.165) is 12.3 Å². The van der Waals surface area contributed by atoms with Crippen molar-refractivity contribution in [2.45, 2.75) is 58.5 Å². The van der Waals surface area contributed by atoms with Crippen molar-refractivity contribution < 1.29 is 24.1 Å². The number of hydrogen-bond acceptors (Lipinski definition) is 5. The van der Waals surface area contributed by atoms with Crippen LogP contribution >= 0.6 is 0 Å². The minimum absolute atomic E-state index is 0.0718. The van der Waals surface area contributed by atoms with Crippen LogP contribution < -0.4 is 4.74 Å². The minimum Gasteiger partial charge on any atom is -0.504 e. The molecule has 1 heterocycles. The van der Waals surface area contributed by atoms with Gasteiger partial charge in [-0.25, -0.2) is 0 Å². The number of methoxy groups -OCH3 is 1. The Labute approximate surface area is 156 Å². The van der Waals surface area contributed by atoms with Gasteiger partial charge in [-0.15, -0.1) is 0 Å². The van der Waals surface area contributed by atoms with E-state index in [1.54, 1.807) is 12.1 Å². The molecule has 0 aromatic heterocycles. The highest BCUT2D eigenvalue weighted by molar-refractivity contribution is 5.46. The zero-order chi connectivity index (χ0) is 18.7. The van der Waals surface area contributed by atoms with Crippen molar-refractivity contribution in [3.05, 3.63) is 23.8 Å². The van der Waals surface area contributed by atoms with Gasteiger partial charge in [0.25, 0.3) is 0 Å². The number of benzene rings is 1. The lowest BCUT2D eigenvalue weighted by Crippen LogP contribution is -2.36. The van der Waals surface area contributed by atoms with E-state index in [1.807, 2.05) is 6.07 Å². The van der Waals surface area contributed by atoms with Crippen molar-refractivity contribution in [1.29, 1.82) is 0 Å². The second-order valence-electron chi connectivity index (χ2n) is 8.02. The maximum absolute atomic E-state index is 10.3. The van der Waals surface area contributed by atoms with Crippen LogP contribution in [0.5, 0.6) is 11.5 Å².